The van der Waals surface area contributed by atoms with Gasteiger partial charge in [0, 0.05) is 6.61 Å². The van der Waals surface area contributed by atoms with Crippen molar-refractivity contribution in [2.45, 2.75) is 20.0 Å². The molecule has 0 aromatic heterocycles. The topological polar surface area (TPSA) is 9.23 Å². The maximum atomic E-state index is 5.52. The highest BCUT2D eigenvalue weighted by Gasteiger charge is 1.95. The van der Waals surface area contributed by atoms with Gasteiger partial charge in [0.25, 0.3) is 0 Å². The van der Waals surface area contributed by atoms with E-state index >= 15 is 0 Å². The van der Waals surface area contributed by atoms with Crippen molar-refractivity contribution in [3.05, 3.63) is 48.0 Å². The van der Waals surface area contributed by atoms with Crippen molar-refractivity contribution in [3.8, 4) is 0 Å². The smallest absolute Gasteiger partial charge is 0.0717 e. The lowest BCUT2D eigenvalue weighted by Gasteiger charge is -2.04. The summed E-state index contributed by atoms with van der Waals surface area (Å²) in [7, 11) is 0. The minimum absolute atomic E-state index is 0.721. The van der Waals surface area contributed by atoms with E-state index in [1.165, 1.54) is 16.3 Å². The van der Waals surface area contributed by atoms with E-state index in [9.17, 15) is 0 Å². The van der Waals surface area contributed by atoms with Crippen LogP contribution >= 0.6 is 0 Å². The molecule has 0 radical (unpaired) electrons. The van der Waals surface area contributed by atoms with E-state index in [2.05, 4.69) is 49.4 Å². The zero-order valence-corrected chi connectivity index (χ0v) is 9.07. The van der Waals surface area contributed by atoms with Crippen molar-refractivity contribution in [1.29, 1.82) is 0 Å². The maximum absolute atomic E-state index is 5.52. The molecule has 0 saturated heterocycles. The quantitative estimate of drug-likeness (QED) is 0.683. The fraction of sp³-hybridized carbons (Fsp3) is 0.286. The van der Waals surface area contributed by atoms with Gasteiger partial charge in [-0.3, -0.25) is 0 Å². The van der Waals surface area contributed by atoms with E-state index < -0.39 is 0 Å². The molecule has 0 amide bonds. The molecule has 0 saturated carbocycles. The molecule has 0 aliphatic rings. The summed E-state index contributed by atoms with van der Waals surface area (Å²) in [5, 5.41) is 2.58. The summed E-state index contributed by atoms with van der Waals surface area (Å²) >= 11 is 0. The largest absolute Gasteiger partial charge is 0.377 e. The van der Waals surface area contributed by atoms with Crippen molar-refractivity contribution in [2.75, 3.05) is 6.61 Å². The van der Waals surface area contributed by atoms with Crippen molar-refractivity contribution < 1.29 is 4.74 Å². The summed E-state index contributed by atoms with van der Waals surface area (Å²) in [5.74, 6) is 0. The SMILES string of the molecule is CCCOCc1ccc2ccccc2c1. The zero-order chi connectivity index (χ0) is 10.5. The van der Waals surface area contributed by atoms with Crippen LogP contribution < -0.4 is 0 Å². The Morgan fingerprint density at radius 3 is 2.60 bits per heavy atom. The molecule has 15 heavy (non-hydrogen) atoms. The molecule has 0 bridgehead atoms. The van der Waals surface area contributed by atoms with Crippen LogP contribution in [0.3, 0.4) is 0 Å². The molecule has 0 heterocycles. The first kappa shape index (κ1) is 10.2. The predicted octanol–water partition coefficient (Wildman–Crippen LogP) is 3.77. The van der Waals surface area contributed by atoms with E-state index in [1.54, 1.807) is 0 Å². The standard InChI is InChI=1S/C14H16O/c1-2-9-15-11-12-7-8-13-5-3-4-6-14(13)10-12/h3-8,10H,2,9,11H2,1H3. The fourth-order valence-electron chi connectivity index (χ4n) is 1.66. The van der Waals surface area contributed by atoms with Crippen LogP contribution in [0.5, 0.6) is 0 Å². The molecule has 0 unspecified atom stereocenters. The second-order valence-electron chi connectivity index (χ2n) is 3.73. The average Bonchev–Trinajstić information content (AvgIpc) is 2.29. The fourth-order valence-corrected chi connectivity index (χ4v) is 1.66. The van der Waals surface area contributed by atoms with Gasteiger partial charge in [0.15, 0.2) is 0 Å². The Kier molecular flexibility index (Phi) is 3.36. The van der Waals surface area contributed by atoms with Gasteiger partial charge in [-0.05, 0) is 28.8 Å². The summed E-state index contributed by atoms with van der Waals surface area (Å²) in [6, 6.07) is 14.9. The first-order chi connectivity index (χ1) is 7.40. The third-order valence-corrected chi connectivity index (χ3v) is 2.43. The molecule has 0 aliphatic heterocycles. The molecule has 1 nitrogen and oxygen atoms in total. The lowest BCUT2D eigenvalue weighted by atomic mass is 10.1. The number of rotatable bonds is 4. The summed E-state index contributed by atoms with van der Waals surface area (Å²) < 4.78 is 5.52. The van der Waals surface area contributed by atoms with Gasteiger partial charge in [-0.15, -0.1) is 0 Å². The van der Waals surface area contributed by atoms with Crippen molar-refractivity contribution in [1.82, 2.24) is 0 Å². The molecule has 0 fully saturated rings. The van der Waals surface area contributed by atoms with Gasteiger partial charge in [-0.25, -0.2) is 0 Å². The van der Waals surface area contributed by atoms with E-state index in [-0.39, 0.29) is 0 Å². The molecule has 78 valence electrons. The maximum Gasteiger partial charge on any atom is 0.0717 e. The Bertz CT molecular complexity index is 434. The Labute approximate surface area is 90.7 Å². The molecule has 0 atom stereocenters. The molecule has 0 N–H and O–H groups in total. The minimum atomic E-state index is 0.721. The van der Waals surface area contributed by atoms with Crippen molar-refractivity contribution in [2.24, 2.45) is 0 Å². The van der Waals surface area contributed by atoms with Crippen LogP contribution in [0, 0.1) is 0 Å². The number of benzene rings is 2. The van der Waals surface area contributed by atoms with Crippen LogP contribution in [-0.2, 0) is 11.3 Å². The summed E-state index contributed by atoms with van der Waals surface area (Å²) in [4.78, 5) is 0. The predicted molar refractivity (Wildman–Crippen MR) is 63.9 cm³/mol. The molecular formula is C14H16O. The lowest BCUT2D eigenvalue weighted by Crippen LogP contribution is -1.93. The molecule has 0 spiro atoms. The molecular weight excluding hydrogens is 184 g/mol. The summed E-state index contributed by atoms with van der Waals surface area (Å²) in [5.41, 5.74) is 1.25. The highest BCUT2D eigenvalue weighted by atomic mass is 16.5. The number of hydrogen-bond donors (Lipinski definition) is 0. The first-order valence-corrected chi connectivity index (χ1v) is 5.45. The van der Waals surface area contributed by atoms with Crippen LogP contribution in [0.4, 0.5) is 0 Å². The highest BCUT2D eigenvalue weighted by Crippen LogP contribution is 2.16. The van der Waals surface area contributed by atoms with Crippen LogP contribution in [0.2, 0.25) is 0 Å². The Morgan fingerprint density at radius 1 is 1.00 bits per heavy atom. The second-order valence-corrected chi connectivity index (χ2v) is 3.73. The first-order valence-electron chi connectivity index (χ1n) is 5.45. The zero-order valence-electron chi connectivity index (χ0n) is 9.07. The highest BCUT2D eigenvalue weighted by molar-refractivity contribution is 5.82. The van der Waals surface area contributed by atoms with Gasteiger partial charge in [0.2, 0.25) is 0 Å². The summed E-state index contributed by atoms with van der Waals surface area (Å²) in [6.07, 6.45) is 1.08. The number of ether oxygens (including phenoxy) is 1. The molecule has 2 aromatic rings. The van der Waals surface area contributed by atoms with E-state index in [4.69, 9.17) is 4.74 Å². The van der Waals surface area contributed by atoms with Gasteiger partial charge in [0.1, 0.15) is 0 Å². The minimum Gasteiger partial charge on any atom is -0.377 e. The van der Waals surface area contributed by atoms with Crippen molar-refractivity contribution >= 4 is 10.8 Å². The van der Waals surface area contributed by atoms with Crippen molar-refractivity contribution in [3.63, 3.8) is 0 Å². The molecule has 2 aromatic carbocycles. The molecule has 0 aliphatic carbocycles. The lowest BCUT2D eigenvalue weighted by molar-refractivity contribution is 0.121. The van der Waals surface area contributed by atoms with Gasteiger partial charge in [-0.2, -0.15) is 0 Å². The van der Waals surface area contributed by atoms with Crippen LogP contribution in [0.1, 0.15) is 18.9 Å². The third-order valence-electron chi connectivity index (χ3n) is 2.43. The second kappa shape index (κ2) is 4.94. The Balaban J connectivity index is 2.16. The number of fused-ring (bicyclic) bond motifs is 1. The van der Waals surface area contributed by atoms with Gasteiger partial charge < -0.3 is 4.74 Å². The Hall–Kier alpha value is -1.34. The van der Waals surface area contributed by atoms with E-state index in [0.29, 0.717) is 0 Å². The van der Waals surface area contributed by atoms with E-state index in [0.717, 1.165) is 19.6 Å². The van der Waals surface area contributed by atoms with E-state index in [1.807, 2.05) is 0 Å². The summed E-state index contributed by atoms with van der Waals surface area (Å²) in [6.45, 7) is 3.69. The van der Waals surface area contributed by atoms with Gasteiger partial charge >= 0.3 is 0 Å². The van der Waals surface area contributed by atoms with Gasteiger partial charge in [0.05, 0.1) is 6.61 Å². The monoisotopic (exact) mass is 200 g/mol. The van der Waals surface area contributed by atoms with Gasteiger partial charge in [-0.1, -0.05) is 43.3 Å². The Morgan fingerprint density at radius 2 is 1.80 bits per heavy atom. The third kappa shape index (κ3) is 2.57. The number of hydrogen-bond acceptors (Lipinski definition) is 1. The normalized spacial score (nSPS) is 10.7. The molecule has 2 rings (SSSR count). The van der Waals surface area contributed by atoms with Crippen LogP contribution in [0.25, 0.3) is 10.8 Å². The average molecular weight is 200 g/mol. The van der Waals surface area contributed by atoms with Crippen LogP contribution in [-0.4, -0.2) is 6.61 Å². The molecule has 1 heteroatoms. The van der Waals surface area contributed by atoms with Crippen LogP contribution in [0.15, 0.2) is 42.5 Å².